The van der Waals surface area contributed by atoms with Crippen LogP contribution in [0.4, 0.5) is 27.7 Å². The molecule has 2 aromatic carbocycles. The van der Waals surface area contributed by atoms with Crippen LogP contribution in [0.2, 0.25) is 0 Å². The Hall–Kier alpha value is -3.80. The fourth-order valence-electron chi connectivity index (χ4n) is 2.57. The fourth-order valence-corrected chi connectivity index (χ4v) is 2.57. The van der Waals surface area contributed by atoms with Gasteiger partial charge in [-0.15, -0.1) is 0 Å². The van der Waals surface area contributed by atoms with E-state index in [1.54, 1.807) is 6.20 Å². The third-order valence-corrected chi connectivity index (χ3v) is 3.77. The Morgan fingerprint density at radius 3 is 2.35 bits per heavy atom. The molecule has 1 aromatic heterocycles. The third kappa shape index (κ3) is 3.34. The minimum Gasteiger partial charge on any atom is -0.459 e. The topological polar surface area (TPSA) is 66.5 Å². The molecule has 6 heteroatoms. The maximum absolute atomic E-state index is 12.6. The zero-order chi connectivity index (χ0) is 17.8. The highest BCUT2D eigenvalue weighted by molar-refractivity contribution is 6.03. The van der Waals surface area contributed by atoms with Gasteiger partial charge in [-0.3, -0.25) is 0 Å². The van der Waals surface area contributed by atoms with E-state index in [0.717, 1.165) is 11.4 Å². The van der Waals surface area contributed by atoms with Crippen molar-refractivity contribution in [2.45, 2.75) is 0 Å². The number of aromatic nitrogens is 1. The molecular weight excluding hydrogens is 328 g/mol. The standard InChI is InChI=1S/C20H16N4O2/c25-20(23-16-9-5-2-6-10-16)24-11-12-26-18-13-17(14-21-19(18)24)22-15-7-3-1-4-8-15/h1-14,22H,(H,23,25). The smallest absolute Gasteiger partial charge is 0.331 e. The summed E-state index contributed by atoms with van der Waals surface area (Å²) in [5, 5.41) is 6.08. The molecule has 0 saturated heterocycles. The molecule has 2 amide bonds. The fraction of sp³-hybridized carbons (Fsp3) is 0. The van der Waals surface area contributed by atoms with Crippen LogP contribution in [0.1, 0.15) is 0 Å². The van der Waals surface area contributed by atoms with Crippen LogP contribution in [-0.2, 0) is 0 Å². The number of rotatable bonds is 3. The van der Waals surface area contributed by atoms with Gasteiger partial charge in [0.05, 0.1) is 18.1 Å². The lowest BCUT2D eigenvalue weighted by molar-refractivity contribution is 0.258. The Bertz CT molecular complexity index is 943. The molecule has 4 rings (SSSR count). The van der Waals surface area contributed by atoms with E-state index in [1.165, 1.54) is 17.4 Å². The number of carbonyl (C=O) groups is 1. The first-order valence-electron chi connectivity index (χ1n) is 8.10. The lowest BCUT2D eigenvalue weighted by Gasteiger charge is -2.23. The average Bonchev–Trinajstić information content (AvgIpc) is 2.69. The molecule has 128 valence electrons. The number of anilines is 4. The van der Waals surface area contributed by atoms with Crippen LogP contribution >= 0.6 is 0 Å². The second-order valence-electron chi connectivity index (χ2n) is 5.61. The predicted octanol–water partition coefficient (Wildman–Crippen LogP) is 4.73. The van der Waals surface area contributed by atoms with Gasteiger partial charge in [0.15, 0.2) is 11.6 Å². The van der Waals surface area contributed by atoms with Crippen molar-refractivity contribution in [2.75, 3.05) is 15.5 Å². The molecule has 2 N–H and O–H groups in total. The van der Waals surface area contributed by atoms with Crippen LogP contribution in [0, 0.1) is 0 Å². The Morgan fingerprint density at radius 2 is 1.62 bits per heavy atom. The van der Waals surface area contributed by atoms with E-state index in [1.807, 2.05) is 66.7 Å². The van der Waals surface area contributed by atoms with E-state index in [0.29, 0.717) is 17.3 Å². The number of amides is 2. The molecule has 0 atom stereocenters. The first kappa shape index (κ1) is 15.7. The average molecular weight is 344 g/mol. The van der Waals surface area contributed by atoms with E-state index in [2.05, 4.69) is 15.6 Å². The Labute approximate surface area is 150 Å². The molecule has 0 saturated carbocycles. The normalized spacial score (nSPS) is 12.1. The van der Waals surface area contributed by atoms with Gasteiger partial charge in [0.2, 0.25) is 0 Å². The number of pyridine rings is 1. The van der Waals surface area contributed by atoms with Crippen LogP contribution in [0.5, 0.6) is 5.75 Å². The number of fused-ring (bicyclic) bond motifs is 1. The summed E-state index contributed by atoms with van der Waals surface area (Å²) in [4.78, 5) is 18.4. The monoisotopic (exact) mass is 344 g/mol. The van der Waals surface area contributed by atoms with Gasteiger partial charge in [0.1, 0.15) is 6.26 Å². The Morgan fingerprint density at radius 1 is 0.923 bits per heavy atom. The number of nitrogens with one attached hydrogen (secondary N) is 2. The maximum Gasteiger partial charge on any atom is 0.331 e. The van der Waals surface area contributed by atoms with Gasteiger partial charge in [0, 0.05) is 17.4 Å². The van der Waals surface area contributed by atoms with Gasteiger partial charge in [-0.05, 0) is 24.3 Å². The third-order valence-electron chi connectivity index (χ3n) is 3.77. The Balaban J connectivity index is 1.55. The van der Waals surface area contributed by atoms with Gasteiger partial charge in [0.25, 0.3) is 0 Å². The van der Waals surface area contributed by atoms with Crippen molar-refractivity contribution in [1.29, 1.82) is 0 Å². The first-order chi connectivity index (χ1) is 12.8. The highest BCUT2D eigenvalue weighted by Crippen LogP contribution is 2.33. The number of hydrogen-bond acceptors (Lipinski definition) is 4. The molecule has 0 radical (unpaired) electrons. The molecule has 1 aliphatic heterocycles. The van der Waals surface area contributed by atoms with Crippen molar-refractivity contribution in [3.63, 3.8) is 0 Å². The zero-order valence-electron chi connectivity index (χ0n) is 13.8. The van der Waals surface area contributed by atoms with Crippen LogP contribution in [0.25, 0.3) is 0 Å². The summed E-state index contributed by atoms with van der Waals surface area (Å²) in [6.07, 6.45) is 4.66. The van der Waals surface area contributed by atoms with E-state index >= 15 is 0 Å². The van der Waals surface area contributed by atoms with Crippen LogP contribution in [0.15, 0.2) is 85.4 Å². The molecule has 0 fully saturated rings. The SMILES string of the molecule is O=C(Nc1ccccc1)N1C=COc2cc(Nc3ccccc3)cnc21. The van der Waals surface area contributed by atoms with Gasteiger partial charge in [-0.25, -0.2) is 14.7 Å². The molecule has 0 aliphatic carbocycles. The van der Waals surface area contributed by atoms with Crippen LogP contribution in [-0.4, -0.2) is 11.0 Å². The number of nitrogens with zero attached hydrogens (tertiary/aromatic N) is 2. The highest BCUT2D eigenvalue weighted by Gasteiger charge is 2.22. The van der Waals surface area contributed by atoms with E-state index in [-0.39, 0.29) is 6.03 Å². The number of para-hydroxylation sites is 2. The maximum atomic E-state index is 12.6. The predicted molar refractivity (Wildman–Crippen MR) is 102 cm³/mol. The molecule has 0 unspecified atom stereocenters. The molecule has 0 spiro atoms. The van der Waals surface area contributed by atoms with Gasteiger partial charge in [-0.1, -0.05) is 36.4 Å². The number of urea groups is 1. The second-order valence-corrected chi connectivity index (χ2v) is 5.61. The van der Waals surface area contributed by atoms with Crippen molar-refractivity contribution in [3.05, 3.63) is 85.4 Å². The molecule has 1 aliphatic rings. The summed E-state index contributed by atoms with van der Waals surface area (Å²) in [5.41, 5.74) is 2.43. The lowest BCUT2D eigenvalue weighted by atomic mass is 10.3. The number of ether oxygens (including phenoxy) is 1. The van der Waals surface area contributed by atoms with Gasteiger partial charge in [-0.2, -0.15) is 0 Å². The zero-order valence-corrected chi connectivity index (χ0v) is 13.8. The molecule has 3 aromatic rings. The van der Waals surface area contributed by atoms with Gasteiger partial charge < -0.3 is 15.4 Å². The van der Waals surface area contributed by atoms with Crippen molar-refractivity contribution in [3.8, 4) is 5.75 Å². The lowest BCUT2D eigenvalue weighted by Crippen LogP contribution is -2.32. The number of benzene rings is 2. The first-order valence-corrected chi connectivity index (χ1v) is 8.10. The molecule has 2 heterocycles. The Kier molecular flexibility index (Phi) is 4.22. The summed E-state index contributed by atoms with van der Waals surface area (Å²) in [7, 11) is 0. The highest BCUT2D eigenvalue weighted by atomic mass is 16.5. The quantitative estimate of drug-likeness (QED) is 0.721. The summed E-state index contributed by atoms with van der Waals surface area (Å²) in [5.74, 6) is 0.927. The van der Waals surface area contributed by atoms with Crippen molar-refractivity contribution in [1.82, 2.24) is 4.98 Å². The summed E-state index contributed by atoms with van der Waals surface area (Å²) >= 11 is 0. The van der Waals surface area contributed by atoms with Crippen LogP contribution in [0.3, 0.4) is 0 Å². The van der Waals surface area contributed by atoms with E-state index in [9.17, 15) is 4.79 Å². The summed E-state index contributed by atoms with van der Waals surface area (Å²) in [6, 6.07) is 20.5. The summed E-state index contributed by atoms with van der Waals surface area (Å²) < 4.78 is 5.53. The largest absolute Gasteiger partial charge is 0.459 e. The number of hydrogen-bond donors (Lipinski definition) is 2. The summed E-state index contributed by atoms with van der Waals surface area (Å²) in [6.45, 7) is 0. The van der Waals surface area contributed by atoms with E-state index in [4.69, 9.17) is 4.74 Å². The van der Waals surface area contributed by atoms with E-state index < -0.39 is 0 Å². The minimum absolute atomic E-state index is 0.312. The van der Waals surface area contributed by atoms with Crippen molar-refractivity contribution in [2.24, 2.45) is 0 Å². The van der Waals surface area contributed by atoms with Crippen molar-refractivity contribution < 1.29 is 9.53 Å². The second kappa shape index (κ2) is 6.98. The molecule has 0 bridgehead atoms. The molecule has 6 nitrogen and oxygen atoms in total. The molecular formula is C20H16N4O2. The minimum atomic E-state index is -0.312. The number of carbonyl (C=O) groups excluding carboxylic acids is 1. The van der Waals surface area contributed by atoms with Crippen LogP contribution < -0.4 is 20.3 Å². The van der Waals surface area contributed by atoms with Gasteiger partial charge >= 0.3 is 6.03 Å². The van der Waals surface area contributed by atoms with Crippen molar-refractivity contribution >= 4 is 28.9 Å². The molecule has 26 heavy (non-hydrogen) atoms.